The summed E-state index contributed by atoms with van der Waals surface area (Å²) in [5, 5.41) is 0. The highest BCUT2D eigenvalue weighted by Gasteiger charge is 2.39. The molecule has 28 heavy (non-hydrogen) atoms. The number of hydrogen-bond donors (Lipinski definition) is 0. The minimum atomic E-state index is -0.307. The SMILES string of the molecule is CCC1CCC2CC(C3CCC(C(=O)Oc4ccc(F)cc4)CC3)CCC2C1. The first-order valence-corrected chi connectivity index (χ1v) is 11.6. The molecule has 154 valence electrons. The van der Waals surface area contributed by atoms with Gasteiger partial charge in [0, 0.05) is 0 Å². The molecule has 4 atom stereocenters. The molecule has 1 aromatic carbocycles. The number of carbonyl (C=O) groups excluding carboxylic acids is 1. The molecule has 1 aromatic rings. The van der Waals surface area contributed by atoms with E-state index in [1.165, 1.54) is 82.1 Å². The Morgan fingerprint density at radius 1 is 0.857 bits per heavy atom. The fourth-order valence-corrected chi connectivity index (χ4v) is 6.35. The van der Waals surface area contributed by atoms with Crippen LogP contribution < -0.4 is 4.74 Å². The maximum absolute atomic E-state index is 13.0. The molecule has 3 saturated carbocycles. The van der Waals surface area contributed by atoms with Crippen molar-refractivity contribution in [2.24, 2.45) is 35.5 Å². The van der Waals surface area contributed by atoms with Crippen LogP contribution in [-0.4, -0.2) is 5.97 Å². The second-order valence-electron chi connectivity index (χ2n) is 9.67. The van der Waals surface area contributed by atoms with E-state index in [4.69, 9.17) is 4.74 Å². The van der Waals surface area contributed by atoms with Crippen LogP contribution in [0.4, 0.5) is 4.39 Å². The average Bonchev–Trinajstić information content (AvgIpc) is 2.74. The van der Waals surface area contributed by atoms with E-state index < -0.39 is 0 Å². The molecule has 0 aromatic heterocycles. The van der Waals surface area contributed by atoms with E-state index in [1.54, 1.807) is 0 Å². The van der Waals surface area contributed by atoms with Gasteiger partial charge in [-0.25, -0.2) is 4.39 Å². The summed E-state index contributed by atoms with van der Waals surface area (Å²) in [6, 6.07) is 5.74. The number of carbonyl (C=O) groups is 1. The molecule has 3 fully saturated rings. The molecule has 2 nitrogen and oxygen atoms in total. The smallest absolute Gasteiger partial charge is 0.314 e. The molecule has 3 aliphatic rings. The van der Waals surface area contributed by atoms with Crippen LogP contribution in [0.5, 0.6) is 5.75 Å². The number of ether oxygens (including phenoxy) is 1. The van der Waals surface area contributed by atoms with E-state index in [-0.39, 0.29) is 17.7 Å². The Morgan fingerprint density at radius 3 is 2.11 bits per heavy atom. The molecule has 3 aliphatic carbocycles. The Labute approximate surface area is 169 Å². The first-order valence-electron chi connectivity index (χ1n) is 11.6. The Hall–Kier alpha value is -1.38. The zero-order valence-corrected chi connectivity index (χ0v) is 17.2. The highest BCUT2D eigenvalue weighted by atomic mass is 19.1. The van der Waals surface area contributed by atoms with E-state index in [0.717, 1.165) is 42.4 Å². The van der Waals surface area contributed by atoms with Crippen molar-refractivity contribution in [2.75, 3.05) is 0 Å². The summed E-state index contributed by atoms with van der Waals surface area (Å²) < 4.78 is 18.5. The molecule has 0 heterocycles. The lowest BCUT2D eigenvalue weighted by Gasteiger charge is -2.45. The molecule has 3 heteroatoms. The molecule has 4 unspecified atom stereocenters. The molecule has 0 amide bonds. The lowest BCUT2D eigenvalue weighted by Crippen LogP contribution is -2.35. The summed E-state index contributed by atoms with van der Waals surface area (Å²) in [5.41, 5.74) is 0. The highest BCUT2D eigenvalue weighted by Crippen LogP contribution is 2.49. The van der Waals surface area contributed by atoms with Gasteiger partial charge >= 0.3 is 5.97 Å². The number of rotatable bonds is 4. The second-order valence-corrected chi connectivity index (χ2v) is 9.67. The lowest BCUT2D eigenvalue weighted by atomic mass is 9.61. The first-order chi connectivity index (χ1) is 13.6. The van der Waals surface area contributed by atoms with E-state index in [0.29, 0.717) is 5.75 Å². The molecule has 0 N–H and O–H groups in total. The van der Waals surface area contributed by atoms with Crippen LogP contribution in [0.25, 0.3) is 0 Å². The van der Waals surface area contributed by atoms with Crippen molar-refractivity contribution in [3.63, 3.8) is 0 Å². The van der Waals surface area contributed by atoms with Crippen molar-refractivity contribution in [1.82, 2.24) is 0 Å². The number of benzene rings is 1. The van der Waals surface area contributed by atoms with Gasteiger partial charge in [0.1, 0.15) is 11.6 Å². The van der Waals surface area contributed by atoms with Gasteiger partial charge in [0.25, 0.3) is 0 Å². The van der Waals surface area contributed by atoms with Crippen molar-refractivity contribution in [3.05, 3.63) is 30.1 Å². The van der Waals surface area contributed by atoms with Gasteiger partial charge in [-0.05, 0) is 112 Å². The Bertz CT molecular complexity index is 647. The third kappa shape index (κ3) is 4.60. The average molecular weight is 387 g/mol. The Kier molecular flexibility index (Phi) is 6.38. The van der Waals surface area contributed by atoms with Gasteiger partial charge < -0.3 is 4.74 Å². The van der Waals surface area contributed by atoms with Crippen molar-refractivity contribution in [1.29, 1.82) is 0 Å². The highest BCUT2D eigenvalue weighted by molar-refractivity contribution is 5.75. The molecule has 0 aliphatic heterocycles. The Balaban J connectivity index is 1.24. The van der Waals surface area contributed by atoms with Crippen LogP contribution in [0.1, 0.15) is 77.6 Å². The number of esters is 1. The minimum absolute atomic E-state index is 0.0117. The topological polar surface area (TPSA) is 26.3 Å². The van der Waals surface area contributed by atoms with Crippen LogP contribution >= 0.6 is 0 Å². The van der Waals surface area contributed by atoms with Crippen molar-refractivity contribution < 1.29 is 13.9 Å². The summed E-state index contributed by atoms with van der Waals surface area (Å²) in [4.78, 5) is 12.5. The monoisotopic (exact) mass is 386 g/mol. The van der Waals surface area contributed by atoms with Crippen LogP contribution in [0.3, 0.4) is 0 Å². The van der Waals surface area contributed by atoms with Gasteiger partial charge in [0.2, 0.25) is 0 Å². The molecule has 0 radical (unpaired) electrons. The van der Waals surface area contributed by atoms with Crippen LogP contribution in [0.15, 0.2) is 24.3 Å². The zero-order chi connectivity index (χ0) is 19.5. The van der Waals surface area contributed by atoms with E-state index in [1.807, 2.05) is 0 Å². The molecule has 4 rings (SSSR count). The summed E-state index contributed by atoms with van der Waals surface area (Å²) in [7, 11) is 0. The largest absolute Gasteiger partial charge is 0.426 e. The normalized spacial score (nSPS) is 35.8. The quantitative estimate of drug-likeness (QED) is 0.421. The van der Waals surface area contributed by atoms with Crippen LogP contribution in [0.2, 0.25) is 0 Å². The zero-order valence-electron chi connectivity index (χ0n) is 17.2. The number of hydrogen-bond acceptors (Lipinski definition) is 2. The predicted octanol–water partition coefficient (Wildman–Crippen LogP) is 6.78. The number of halogens is 1. The second kappa shape index (κ2) is 8.97. The molecule has 0 spiro atoms. The third-order valence-electron chi connectivity index (χ3n) is 8.14. The van der Waals surface area contributed by atoms with Gasteiger partial charge in [0.15, 0.2) is 0 Å². The van der Waals surface area contributed by atoms with Crippen molar-refractivity contribution in [3.8, 4) is 5.75 Å². The first kappa shape index (κ1) is 19.9. The summed E-state index contributed by atoms with van der Waals surface area (Å²) in [6.07, 6.45) is 14.3. The van der Waals surface area contributed by atoms with Crippen molar-refractivity contribution in [2.45, 2.75) is 77.6 Å². The van der Waals surface area contributed by atoms with E-state index in [9.17, 15) is 9.18 Å². The summed E-state index contributed by atoms with van der Waals surface area (Å²) >= 11 is 0. The summed E-state index contributed by atoms with van der Waals surface area (Å²) in [5.74, 6) is 4.67. The van der Waals surface area contributed by atoms with E-state index >= 15 is 0 Å². The van der Waals surface area contributed by atoms with Crippen LogP contribution in [-0.2, 0) is 4.79 Å². The number of fused-ring (bicyclic) bond motifs is 1. The summed E-state index contributed by atoms with van der Waals surface area (Å²) in [6.45, 7) is 2.36. The minimum Gasteiger partial charge on any atom is -0.426 e. The standard InChI is InChI=1S/C25H35FO2/c1-2-17-3-4-22-16-21(10-9-20(22)15-17)18-5-7-19(8-6-18)25(27)28-24-13-11-23(26)12-14-24/h11-14,17-22H,2-10,15-16H2,1H3. The fraction of sp³-hybridized carbons (Fsp3) is 0.720. The van der Waals surface area contributed by atoms with Gasteiger partial charge in [-0.2, -0.15) is 0 Å². The maximum atomic E-state index is 13.0. The fourth-order valence-electron chi connectivity index (χ4n) is 6.35. The molecule has 0 saturated heterocycles. The maximum Gasteiger partial charge on any atom is 0.314 e. The van der Waals surface area contributed by atoms with Crippen LogP contribution in [0, 0.1) is 41.3 Å². The predicted molar refractivity (Wildman–Crippen MR) is 109 cm³/mol. The van der Waals surface area contributed by atoms with E-state index in [2.05, 4.69) is 6.92 Å². The molecule has 0 bridgehead atoms. The Morgan fingerprint density at radius 2 is 1.43 bits per heavy atom. The van der Waals surface area contributed by atoms with Gasteiger partial charge in [-0.15, -0.1) is 0 Å². The molecular formula is C25H35FO2. The van der Waals surface area contributed by atoms with Gasteiger partial charge in [-0.1, -0.05) is 19.8 Å². The van der Waals surface area contributed by atoms with Crippen molar-refractivity contribution >= 4 is 5.97 Å². The van der Waals surface area contributed by atoms with Gasteiger partial charge in [0.05, 0.1) is 5.92 Å². The lowest BCUT2D eigenvalue weighted by molar-refractivity contribution is -0.140. The van der Waals surface area contributed by atoms with Gasteiger partial charge in [-0.3, -0.25) is 4.79 Å². The molecular weight excluding hydrogens is 351 g/mol. The third-order valence-corrected chi connectivity index (χ3v) is 8.14.